The molecular formula is C13H11F4NOS. The minimum atomic E-state index is -4.37. The number of carbonyl (C=O) groups is 1. The van der Waals surface area contributed by atoms with Crippen molar-refractivity contribution < 1.29 is 22.4 Å². The van der Waals surface area contributed by atoms with Crippen LogP contribution in [0.1, 0.15) is 16.8 Å². The Balaban J connectivity index is 2.17. The van der Waals surface area contributed by atoms with Crippen LogP contribution in [-0.4, -0.2) is 30.1 Å². The van der Waals surface area contributed by atoms with E-state index in [1.807, 2.05) is 0 Å². The summed E-state index contributed by atoms with van der Waals surface area (Å²) in [5.41, 5.74) is -0.827. The molecule has 0 spiro atoms. The number of carbonyl (C=O) groups excluding carboxylic acids is 1. The second-order valence-electron chi connectivity index (χ2n) is 4.39. The van der Waals surface area contributed by atoms with Crippen molar-refractivity contribution >= 4 is 18.5 Å². The first-order valence-electron chi connectivity index (χ1n) is 5.83. The van der Waals surface area contributed by atoms with Crippen molar-refractivity contribution in [1.82, 2.24) is 4.90 Å². The third kappa shape index (κ3) is 3.15. The van der Waals surface area contributed by atoms with Gasteiger partial charge >= 0.3 is 6.18 Å². The first-order chi connectivity index (χ1) is 9.29. The van der Waals surface area contributed by atoms with Crippen LogP contribution in [0.25, 0.3) is 0 Å². The number of hydrogen-bond acceptors (Lipinski definition) is 2. The maximum atomic E-state index is 13.6. The summed E-state index contributed by atoms with van der Waals surface area (Å²) in [4.78, 5) is 13.7. The van der Waals surface area contributed by atoms with Gasteiger partial charge in [-0.05, 0) is 24.6 Å². The molecule has 1 aromatic rings. The predicted molar refractivity (Wildman–Crippen MR) is 68.3 cm³/mol. The molecule has 0 bridgehead atoms. The van der Waals surface area contributed by atoms with Crippen LogP contribution in [0.3, 0.4) is 0 Å². The molecule has 7 heteroatoms. The Morgan fingerprint density at radius 1 is 1.30 bits per heavy atom. The molecule has 0 aliphatic carbocycles. The summed E-state index contributed by atoms with van der Waals surface area (Å²) >= 11 is 4.01. The van der Waals surface area contributed by atoms with Crippen molar-refractivity contribution in [2.24, 2.45) is 0 Å². The second kappa shape index (κ2) is 5.47. The van der Waals surface area contributed by atoms with Crippen molar-refractivity contribution in [3.05, 3.63) is 41.2 Å². The topological polar surface area (TPSA) is 20.3 Å². The molecule has 0 N–H and O–H groups in total. The lowest BCUT2D eigenvalue weighted by Gasteiger charge is -2.27. The average Bonchev–Trinajstić information content (AvgIpc) is 2.40. The van der Waals surface area contributed by atoms with E-state index in [2.05, 4.69) is 12.6 Å². The number of hydrogen-bond donors (Lipinski definition) is 1. The van der Waals surface area contributed by atoms with Gasteiger partial charge in [0, 0.05) is 23.6 Å². The van der Waals surface area contributed by atoms with Gasteiger partial charge < -0.3 is 4.90 Å². The van der Waals surface area contributed by atoms with Gasteiger partial charge in [0.1, 0.15) is 5.82 Å². The summed E-state index contributed by atoms with van der Waals surface area (Å²) in [6, 6.07) is 3.77. The Labute approximate surface area is 118 Å². The molecule has 20 heavy (non-hydrogen) atoms. The predicted octanol–water partition coefficient (Wildman–Crippen LogP) is 3.45. The van der Waals surface area contributed by atoms with Gasteiger partial charge in [0.05, 0.1) is 5.56 Å². The Morgan fingerprint density at radius 2 is 2.00 bits per heavy atom. The summed E-state index contributed by atoms with van der Waals surface area (Å²) in [6.45, 7) is -0.260. The monoisotopic (exact) mass is 305 g/mol. The van der Waals surface area contributed by atoms with Crippen LogP contribution in [0.15, 0.2) is 34.7 Å². The molecule has 1 aromatic carbocycles. The van der Waals surface area contributed by atoms with E-state index in [0.29, 0.717) is 4.90 Å². The molecule has 0 atom stereocenters. The smallest absolute Gasteiger partial charge is 0.334 e. The lowest BCUT2D eigenvalue weighted by atomic mass is 10.1. The maximum Gasteiger partial charge on any atom is 0.412 e. The Hall–Kier alpha value is -1.50. The fraction of sp³-hybridized carbons (Fsp3) is 0.308. The first-order valence-corrected chi connectivity index (χ1v) is 6.28. The lowest BCUT2D eigenvalue weighted by Crippen LogP contribution is -2.37. The number of rotatable bonds is 1. The third-order valence-electron chi connectivity index (χ3n) is 3.04. The fourth-order valence-electron chi connectivity index (χ4n) is 1.96. The van der Waals surface area contributed by atoms with Crippen LogP contribution in [0.2, 0.25) is 0 Å². The zero-order valence-corrected chi connectivity index (χ0v) is 11.1. The molecule has 0 saturated carbocycles. The molecule has 1 aliphatic heterocycles. The van der Waals surface area contributed by atoms with E-state index >= 15 is 0 Å². The van der Waals surface area contributed by atoms with Crippen LogP contribution < -0.4 is 0 Å². The molecule has 1 aliphatic rings. The van der Waals surface area contributed by atoms with E-state index in [-0.39, 0.29) is 25.1 Å². The number of alkyl halides is 3. The van der Waals surface area contributed by atoms with Gasteiger partial charge in [0.2, 0.25) is 0 Å². The van der Waals surface area contributed by atoms with Gasteiger partial charge in [-0.2, -0.15) is 13.2 Å². The molecular weight excluding hydrogens is 294 g/mol. The van der Waals surface area contributed by atoms with Gasteiger partial charge in [-0.25, -0.2) is 4.39 Å². The van der Waals surface area contributed by atoms with E-state index in [0.717, 1.165) is 12.1 Å². The lowest BCUT2D eigenvalue weighted by molar-refractivity contribution is -0.0957. The highest BCUT2D eigenvalue weighted by Gasteiger charge is 2.35. The quantitative estimate of drug-likeness (QED) is 0.479. The molecule has 0 aromatic heterocycles. The fourth-order valence-corrected chi connectivity index (χ4v) is 2.16. The van der Waals surface area contributed by atoms with E-state index in [4.69, 9.17) is 0 Å². The Kier molecular flexibility index (Phi) is 4.08. The van der Waals surface area contributed by atoms with Crippen molar-refractivity contribution in [2.45, 2.75) is 17.5 Å². The number of benzene rings is 1. The number of nitrogens with zero attached hydrogens (tertiary/aromatic N) is 1. The van der Waals surface area contributed by atoms with Gasteiger partial charge in [-0.1, -0.05) is 6.08 Å². The van der Waals surface area contributed by atoms with Crippen molar-refractivity contribution in [3.63, 3.8) is 0 Å². The molecule has 1 heterocycles. The third-order valence-corrected chi connectivity index (χ3v) is 3.32. The summed E-state index contributed by atoms with van der Waals surface area (Å²) in [5.74, 6) is -1.34. The second-order valence-corrected chi connectivity index (χ2v) is 4.91. The first kappa shape index (κ1) is 14.9. The number of thiol groups is 1. The summed E-state index contributed by atoms with van der Waals surface area (Å²) in [7, 11) is 0. The minimum Gasteiger partial charge on any atom is -0.334 e. The van der Waals surface area contributed by atoms with Gasteiger partial charge in [0.15, 0.2) is 0 Å². The number of halogens is 4. The SMILES string of the molecule is O=C(c1cc(S)ccc1F)N1CC=C(C(F)(F)F)CC1. The Bertz CT molecular complexity index is 568. The van der Waals surface area contributed by atoms with Crippen LogP contribution in [0.5, 0.6) is 0 Å². The highest BCUT2D eigenvalue weighted by Crippen LogP contribution is 2.30. The largest absolute Gasteiger partial charge is 0.412 e. The van der Waals surface area contributed by atoms with Crippen molar-refractivity contribution in [1.29, 1.82) is 0 Å². The van der Waals surface area contributed by atoms with Crippen LogP contribution in [0.4, 0.5) is 17.6 Å². The maximum absolute atomic E-state index is 13.6. The highest BCUT2D eigenvalue weighted by molar-refractivity contribution is 7.80. The zero-order valence-electron chi connectivity index (χ0n) is 10.2. The normalized spacial score (nSPS) is 16.1. The Morgan fingerprint density at radius 3 is 2.55 bits per heavy atom. The van der Waals surface area contributed by atoms with Gasteiger partial charge in [0.25, 0.3) is 5.91 Å². The molecule has 1 amide bonds. The van der Waals surface area contributed by atoms with Crippen molar-refractivity contribution in [2.75, 3.05) is 13.1 Å². The van der Waals surface area contributed by atoms with Gasteiger partial charge in [-0.3, -0.25) is 4.79 Å². The van der Waals surface area contributed by atoms with Crippen molar-refractivity contribution in [3.8, 4) is 0 Å². The molecule has 108 valence electrons. The molecule has 2 rings (SSSR count). The van der Waals surface area contributed by atoms with E-state index in [9.17, 15) is 22.4 Å². The summed E-state index contributed by atoms with van der Waals surface area (Å²) < 4.78 is 51.0. The molecule has 0 radical (unpaired) electrons. The molecule has 0 unspecified atom stereocenters. The van der Waals surface area contributed by atoms with E-state index in [1.165, 1.54) is 17.0 Å². The summed E-state index contributed by atoms with van der Waals surface area (Å²) in [6.07, 6.45) is -3.69. The van der Waals surface area contributed by atoms with Crippen LogP contribution in [-0.2, 0) is 0 Å². The van der Waals surface area contributed by atoms with Crippen LogP contribution >= 0.6 is 12.6 Å². The molecule has 0 saturated heterocycles. The van der Waals surface area contributed by atoms with E-state index in [1.54, 1.807) is 0 Å². The number of amides is 1. The van der Waals surface area contributed by atoms with E-state index < -0.39 is 23.5 Å². The van der Waals surface area contributed by atoms with Gasteiger partial charge in [-0.15, -0.1) is 12.6 Å². The summed E-state index contributed by atoms with van der Waals surface area (Å²) in [5, 5.41) is 0. The average molecular weight is 305 g/mol. The highest BCUT2D eigenvalue weighted by atomic mass is 32.1. The van der Waals surface area contributed by atoms with Crippen LogP contribution in [0, 0.1) is 5.82 Å². The molecule has 2 nitrogen and oxygen atoms in total. The zero-order chi connectivity index (χ0) is 14.9. The standard InChI is InChI=1S/C13H11F4NOS/c14-11-2-1-9(20)7-10(11)12(19)18-5-3-8(4-6-18)13(15,16)17/h1-3,7,20H,4-6H2. The minimum absolute atomic E-state index is 0.0829. The molecule has 0 fully saturated rings.